The van der Waals surface area contributed by atoms with Gasteiger partial charge in [-0.2, -0.15) is 13.1 Å². The number of oxime groups is 1. The van der Waals surface area contributed by atoms with Gasteiger partial charge in [-0.25, -0.2) is 9.52 Å². The number of amides is 1. The first-order valence-corrected chi connectivity index (χ1v) is 7.37. The standard InChI is InChI=1S/C11H16N4O5S/c1-2-20-11(16)15-21(18,19)14-9(10(12)13-17)8-6-4-3-5-7-8/h3-7,9,14,17H,2H2,1H3,(H2,12,13)(H,15,16). The van der Waals surface area contributed by atoms with Crippen molar-refractivity contribution in [2.45, 2.75) is 13.0 Å². The van der Waals surface area contributed by atoms with E-state index in [9.17, 15) is 13.2 Å². The van der Waals surface area contributed by atoms with Gasteiger partial charge in [-0.15, -0.1) is 0 Å². The lowest BCUT2D eigenvalue weighted by Crippen LogP contribution is -2.45. The molecule has 0 saturated heterocycles. The van der Waals surface area contributed by atoms with Gasteiger partial charge in [0.25, 0.3) is 0 Å². The summed E-state index contributed by atoms with van der Waals surface area (Å²) in [6, 6.07) is 7.05. The predicted octanol–water partition coefficient (Wildman–Crippen LogP) is 0.0546. The summed E-state index contributed by atoms with van der Waals surface area (Å²) in [5.74, 6) is -0.379. The van der Waals surface area contributed by atoms with Gasteiger partial charge in [0.1, 0.15) is 6.04 Å². The summed E-state index contributed by atoms with van der Waals surface area (Å²) >= 11 is 0. The van der Waals surface area contributed by atoms with Crippen LogP contribution in [0.15, 0.2) is 35.5 Å². The van der Waals surface area contributed by atoms with Gasteiger partial charge < -0.3 is 15.7 Å². The third kappa shape index (κ3) is 5.28. The zero-order chi connectivity index (χ0) is 15.9. The van der Waals surface area contributed by atoms with Crippen molar-refractivity contribution in [3.05, 3.63) is 35.9 Å². The van der Waals surface area contributed by atoms with Crippen LogP contribution in [0.3, 0.4) is 0 Å². The van der Waals surface area contributed by atoms with Crippen molar-refractivity contribution in [1.82, 2.24) is 9.44 Å². The lowest BCUT2D eigenvalue weighted by Gasteiger charge is -2.17. The van der Waals surface area contributed by atoms with Crippen molar-refractivity contribution in [2.75, 3.05) is 6.61 Å². The molecule has 5 N–H and O–H groups in total. The Morgan fingerprint density at radius 3 is 2.57 bits per heavy atom. The molecule has 21 heavy (non-hydrogen) atoms. The van der Waals surface area contributed by atoms with Crippen LogP contribution in [0, 0.1) is 0 Å². The Labute approximate surface area is 122 Å². The number of benzene rings is 1. The van der Waals surface area contributed by atoms with Gasteiger partial charge in [-0.05, 0) is 12.5 Å². The second-order valence-corrected chi connectivity index (χ2v) is 5.26. The highest BCUT2D eigenvalue weighted by Gasteiger charge is 2.24. The minimum absolute atomic E-state index is 0.0176. The number of rotatable bonds is 6. The van der Waals surface area contributed by atoms with E-state index in [1.807, 2.05) is 0 Å². The molecule has 0 aliphatic carbocycles. The van der Waals surface area contributed by atoms with Gasteiger partial charge >= 0.3 is 16.3 Å². The van der Waals surface area contributed by atoms with Crippen molar-refractivity contribution in [3.63, 3.8) is 0 Å². The predicted molar refractivity (Wildman–Crippen MR) is 74.8 cm³/mol. The first kappa shape index (κ1) is 16.7. The van der Waals surface area contributed by atoms with E-state index in [2.05, 4.69) is 14.6 Å². The van der Waals surface area contributed by atoms with Gasteiger partial charge in [0, 0.05) is 0 Å². The Morgan fingerprint density at radius 1 is 1.43 bits per heavy atom. The topological polar surface area (TPSA) is 143 Å². The zero-order valence-electron chi connectivity index (χ0n) is 11.2. The Balaban J connectivity index is 2.95. The molecule has 0 radical (unpaired) electrons. The van der Waals surface area contributed by atoms with E-state index >= 15 is 0 Å². The van der Waals surface area contributed by atoms with Crippen molar-refractivity contribution < 1.29 is 23.2 Å². The molecule has 10 heteroatoms. The summed E-state index contributed by atoms with van der Waals surface area (Å²) < 4.78 is 31.8. The van der Waals surface area contributed by atoms with Crippen LogP contribution in [0.25, 0.3) is 0 Å². The first-order chi connectivity index (χ1) is 9.89. The molecule has 116 valence electrons. The summed E-state index contributed by atoms with van der Waals surface area (Å²) in [6.07, 6.45) is -1.13. The molecule has 0 aliphatic heterocycles. The number of nitrogens with two attached hydrogens (primary N) is 1. The van der Waals surface area contributed by atoms with Crippen LogP contribution in [0.5, 0.6) is 0 Å². The van der Waals surface area contributed by atoms with Gasteiger partial charge in [0.2, 0.25) is 0 Å². The van der Waals surface area contributed by atoms with E-state index in [0.29, 0.717) is 5.56 Å². The smallest absolute Gasteiger partial charge is 0.421 e. The van der Waals surface area contributed by atoms with Crippen molar-refractivity contribution in [1.29, 1.82) is 0 Å². The number of nitrogens with zero attached hydrogens (tertiary/aromatic N) is 1. The molecule has 1 rings (SSSR count). The fraction of sp³-hybridized carbons (Fsp3) is 0.273. The van der Waals surface area contributed by atoms with E-state index in [-0.39, 0.29) is 12.4 Å². The maximum atomic E-state index is 11.8. The van der Waals surface area contributed by atoms with Crippen LogP contribution >= 0.6 is 0 Å². The molecule has 0 aromatic heterocycles. The quantitative estimate of drug-likeness (QED) is 0.253. The molecular formula is C11H16N4O5S. The molecule has 0 fully saturated rings. The van der Waals surface area contributed by atoms with Crippen LogP contribution in [-0.2, 0) is 14.9 Å². The summed E-state index contributed by atoms with van der Waals surface area (Å²) in [5, 5.41) is 11.5. The van der Waals surface area contributed by atoms with Crippen molar-refractivity contribution in [3.8, 4) is 0 Å². The molecule has 1 aromatic carbocycles. The molecule has 1 aromatic rings. The average Bonchev–Trinajstić information content (AvgIpc) is 2.44. The fourth-order valence-corrected chi connectivity index (χ4v) is 2.36. The molecule has 0 heterocycles. The highest BCUT2D eigenvalue weighted by atomic mass is 32.2. The fourth-order valence-electron chi connectivity index (χ4n) is 1.46. The summed E-state index contributed by atoms with van der Waals surface area (Å²) in [6.45, 7) is 1.55. The van der Waals surface area contributed by atoms with Gasteiger partial charge in [-0.3, -0.25) is 0 Å². The van der Waals surface area contributed by atoms with Crippen LogP contribution in [0.2, 0.25) is 0 Å². The van der Waals surface area contributed by atoms with Crippen LogP contribution < -0.4 is 15.2 Å². The summed E-state index contributed by atoms with van der Waals surface area (Å²) in [4.78, 5) is 11.2. The number of hydrogen-bond acceptors (Lipinski definition) is 6. The molecule has 9 nitrogen and oxygen atoms in total. The molecule has 0 aliphatic rings. The maximum Gasteiger partial charge on any atom is 0.421 e. The second kappa shape index (κ2) is 7.45. The SMILES string of the molecule is CCOC(=O)NS(=O)(=O)NC(/C(N)=N/O)c1ccccc1. The second-order valence-electron chi connectivity index (χ2n) is 3.81. The summed E-state index contributed by atoms with van der Waals surface area (Å²) in [5.41, 5.74) is 5.91. The molecule has 0 spiro atoms. The minimum Gasteiger partial charge on any atom is -0.449 e. The number of nitrogens with one attached hydrogen (secondary N) is 2. The lowest BCUT2D eigenvalue weighted by atomic mass is 10.1. The van der Waals surface area contributed by atoms with E-state index < -0.39 is 22.3 Å². The van der Waals surface area contributed by atoms with E-state index in [4.69, 9.17) is 10.9 Å². The van der Waals surface area contributed by atoms with E-state index in [1.54, 1.807) is 35.1 Å². The highest BCUT2D eigenvalue weighted by molar-refractivity contribution is 7.88. The maximum absolute atomic E-state index is 11.8. The normalized spacial score (nSPS) is 13.5. The molecular weight excluding hydrogens is 300 g/mol. The first-order valence-electron chi connectivity index (χ1n) is 5.88. The number of ether oxygens (including phenoxy) is 1. The molecule has 1 atom stereocenters. The Hall–Kier alpha value is -2.33. The zero-order valence-corrected chi connectivity index (χ0v) is 12.0. The molecule has 0 bridgehead atoms. The van der Waals surface area contributed by atoms with Gasteiger partial charge in [0.15, 0.2) is 5.84 Å². The third-order valence-corrected chi connectivity index (χ3v) is 3.29. The number of hydrogen-bond donors (Lipinski definition) is 4. The number of amidine groups is 1. The lowest BCUT2D eigenvalue weighted by molar-refractivity contribution is 0.158. The van der Waals surface area contributed by atoms with E-state index in [1.165, 1.54) is 6.92 Å². The largest absolute Gasteiger partial charge is 0.449 e. The van der Waals surface area contributed by atoms with Gasteiger partial charge in [0.05, 0.1) is 6.61 Å². The molecule has 1 unspecified atom stereocenters. The van der Waals surface area contributed by atoms with Crippen LogP contribution in [-0.4, -0.2) is 32.2 Å². The average molecular weight is 316 g/mol. The summed E-state index contributed by atoms with van der Waals surface area (Å²) in [7, 11) is -4.25. The number of carbonyl (C=O) groups is 1. The van der Waals surface area contributed by atoms with E-state index in [0.717, 1.165) is 0 Å². The van der Waals surface area contributed by atoms with Crippen molar-refractivity contribution >= 4 is 22.1 Å². The third-order valence-electron chi connectivity index (χ3n) is 2.31. The highest BCUT2D eigenvalue weighted by Crippen LogP contribution is 2.13. The molecule has 1 amide bonds. The van der Waals surface area contributed by atoms with Crippen LogP contribution in [0.1, 0.15) is 18.5 Å². The Bertz CT molecular complexity index is 602. The number of carbonyl (C=O) groups excluding carboxylic acids is 1. The Morgan fingerprint density at radius 2 is 2.05 bits per heavy atom. The van der Waals surface area contributed by atoms with Gasteiger partial charge in [-0.1, -0.05) is 35.5 Å². The molecule has 0 saturated carbocycles. The monoisotopic (exact) mass is 316 g/mol. The minimum atomic E-state index is -4.25. The van der Waals surface area contributed by atoms with Crippen LogP contribution in [0.4, 0.5) is 4.79 Å². The van der Waals surface area contributed by atoms with Crippen molar-refractivity contribution in [2.24, 2.45) is 10.9 Å². The Kier molecular flexibility index (Phi) is 5.93.